The molecular weight excluding hydrogens is 376 g/mol. The standard InChI is InChI=1S/C24H32N4O2/c1-18-8-10-21(11-9-18)25-23(29)16-26(4)24(30)17-27-12-14-28(15-13-27)22-7-5-6-19(2)20(22)3/h5-11H,12-17H2,1-4H3,(H,25,29). The molecular formula is C24H32N4O2. The van der Waals surface area contributed by atoms with E-state index in [-0.39, 0.29) is 18.4 Å². The molecule has 0 aliphatic carbocycles. The minimum absolute atomic E-state index is 0.0331. The molecule has 1 fully saturated rings. The van der Waals surface area contributed by atoms with E-state index in [1.165, 1.54) is 21.7 Å². The maximum atomic E-state index is 12.6. The van der Waals surface area contributed by atoms with Crippen LogP contribution in [0, 0.1) is 20.8 Å². The van der Waals surface area contributed by atoms with Crippen LogP contribution in [0.15, 0.2) is 42.5 Å². The Bertz CT molecular complexity index is 887. The van der Waals surface area contributed by atoms with Gasteiger partial charge in [0.2, 0.25) is 11.8 Å². The minimum Gasteiger partial charge on any atom is -0.369 e. The molecule has 6 nitrogen and oxygen atoms in total. The van der Waals surface area contributed by atoms with Crippen LogP contribution < -0.4 is 10.2 Å². The largest absolute Gasteiger partial charge is 0.369 e. The fourth-order valence-corrected chi connectivity index (χ4v) is 3.68. The number of carbonyl (C=O) groups excluding carboxylic acids is 2. The molecule has 0 aromatic heterocycles. The van der Waals surface area contributed by atoms with E-state index in [4.69, 9.17) is 0 Å². The Kier molecular flexibility index (Phi) is 7.11. The Labute approximate surface area is 179 Å². The quantitative estimate of drug-likeness (QED) is 0.799. The Morgan fingerprint density at radius 1 is 0.967 bits per heavy atom. The Morgan fingerprint density at radius 2 is 1.63 bits per heavy atom. The molecule has 6 heteroatoms. The van der Waals surface area contributed by atoms with Gasteiger partial charge in [-0.25, -0.2) is 0 Å². The fourth-order valence-electron chi connectivity index (χ4n) is 3.68. The topological polar surface area (TPSA) is 55.9 Å². The molecule has 1 heterocycles. The van der Waals surface area contributed by atoms with Gasteiger partial charge in [0.25, 0.3) is 0 Å². The van der Waals surface area contributed by atoms with Gasteiger partial charge in [-0.3, -0.25) is 14.5 Å². The van der Waals surface area contributed by atoms with Gasteiger partial charge < -0.3 is 15.1 Å². The van der Waals surface area contributed by atoms with E-state index in [0.717, 1.165) is 37.4 Å². The van der Waals surface area contributed by atoms with Crippen LogP contribution in [0.3, 0.4) is 0 Å². The highest BCUT2D eigenvalue weighted by Crippen LogP contribution is 2.23. The zero-order chi connectivity index (χ0) is 21.7. The number of anilines is 2. The van der Waals surface area contributed by atoms with Crippen molar-refractivity contribution < 1.29 is 9.59 Å². The van der Waals surface area contributed by atoms with Crippen LogP contribution in [0.5, 0.6) is 0 Å². The Hall–Kier alpha value is -2.86. The average molecular weight is 409 g/mol. The molecule has 30 heavy (non-hydrogen) atoms. The number of likely N-dealkylation sites (N-methyl/N-ethyl adjacent to an activating group) is 1. The van der Waals surface area contributed by atoms with Gasteiger partial charge in [0.05, 0.1) is 13.1 Å². The van der Waals surface area contributed by atoms with Gasteiger partial charge in [0.1, 0.15) is 0 Å². The number of carbonyl (C=O) groups is 2. The van der Waals surface area contributed by atoms with E-state index in [9.17, 15) is 9.59 Å². The second kappa shape index (κ2) is 9.76. The van der Waals surface area contributed by atoms with E-state index in [1.807, 2.05) is 31.2 Å². The second-order valence-corrected chi connectivity index (χ2v) is 8.15. The van der Waals surface area contributed by atoms with E-state index in [1.54, 1.807) is 7.05 Å². The number of piperazine rings is 1. The molecule has 1 N–H and O–H groups in total. The van der Waals surface area contributed by atoms with Crippen LogP contribution in [0.2, 0.25) is 0 Å². The Morgan fingerprint density at radius 3 is 2.30 bits per heavy atom. The van der Waals surface area contributed by atoms with Crippen LogP contribution >= 0.6 is 0 Å². The third kappa shape index (κ3) is 5.60. The third-order valence-electron chi connectivity index (χ3n) is 5.79. The molecule has 1 aliphatic heterocycles. The lowest BCUT2D eigenvalue weighted by atomic mass is 10.1. The van der Waals surface area contributed by atoms with Gasteiger partial charge in [-0.15, -0.1) is 0 Å². The lowest BCUT2D eigenvalue weighted by Crippen LogP contribution is -2.50. The molecule has 2 aromatic rings. The molecule has 0 saturated carbocycles. The highest BCUT2D eigenvalue weighted by atomic mass is 16.2. The number of nitrogens with zero attached hydrogens (tertiary/aromatic N) is 3. The number of nitrogens with one attached hydrogen (secondary N) is 1. The van der Waals surface area contributed by atoms with Crippen LogP contribution in [0.25, 0.3) is 0 Å². The zero-order valence-corrected chi connectivity index (χ0v) is 18.4. The maximum Gasteiger partial charge on any atom is 0.243 e. The summed E-state index contributed by atoms with van der Waals surface area (Å²) in [5.74, 6) is -0.219. The van der Waals surface area contributed by atoms with Crippen molar-refractivity contribution in [2.24, 2.45) is 0 Å². The molecule has 2 aromatic carbocycles. The molecule has 0 unspecified atom stereocenters. The molecule has 160 valence electrons. The maximum absolute atomic E-state index is 12.6. The summed E-state index contributed by atoms with van der Waals surface area (Å²) in [5, 5.41) is 2.84. The predicted octanol–water partition coefficient (Wildman–Crippen LogP) is 2.83. The third-order valence-corrected chi connectivity index (χ3v) is 5.79. The molecule has 1 aliphatic rings. The summed E-state index contributed by atoms with van der Waals surface area (Å²) in [7, 11) is 1.68. The second-order valence-electron chi connectivity index (χ2n) is 8.15. The first kappa shape index (κ1) is 21.8. The number of hydrogen-bond acceptors (Lipinski definition) is 4. The van der Waals surface area contributed by atoms with E-state index in [0.29, 0.717) is 6.54 Å². The van der Waals surface area contributed by atoms with Crippen molar-refractivity contribution in [3.63, 3.8) is 0 Å². The molecule has 0 radical (unpaired) electrons. The van der Waals surface area contributed by atoms with Gasteiger partial charge in [-0.1, -0.05) is 29.8 Å². The van der Waals surface area contributed by atoms with Crippen LogP contribution in [0.4, 0.5) is 11.4 Å². The molecule has 0 atom stereocenters. The lowest BCUT2D eigenvalue weighted by molar-refractivity contribution is -0.134. The van der Waals surface area contributed by atoms with Crippen molar-refractivity contribution in [1.29, 1.82) is 0 Å². The van der Waals surface area contributed by atoms with Crippen molar-refractivity contribution in [2.45, 2.75) is 20.8 Å². The summed E-state index contributed by atoms with van der Waals surface area (Å²) < 4.78 is 0. The predicted molar refractivity (Wildman–Crippen MR) is 122 cm³/mol. The number of aryl methyl sites for hydroxylation is 2. The van der Waals surface area contributed by atoms with E-state index >= 15 is 0 Å². The smallest absolute Gasteiger partial charge is 0.243 e. The summed E-state index contributed by atoms with van der Waals surface area (Å²) in [6.45, 7) is 10.2. The van der Waals surface area contributed by atoms with Gasteiger partial charge >= 0.3 is 0 Å². The Balaban J connectivity index is 1.45. The molecule has 1 saturated heterocycles. The van der Waals surface area contributed by atoms with Gasteiger partial charge in [0.15, 0.2) is 0 Å². The van der Waals surface area contributed by atoms with Crippen LogP contribution in [0.1, 0.15) is 16.7 Å². The number of rotatable bonds is 6. The highest BCUT2D eigenvalue weighted by molar-refractivity contribution is 5.94. The summed E-state index contributed by atoms with van der Waals surface area (Å²) in [6.07, 6.45) is 0. The minimum atomic E-state index is -0.186. The van der Waals surface area contributed by atoms with E-state index < -0.39 is 0 Å². The summed E-state index contributed by atoms with van der Waals surface area (Å²) >= 11 is 0. The monoisotopic (exact) mass is 408 g/mol. The summed E-state index contributed by atoms with van der Waals surface area (Å²) in [5.41, 5.74) is 5.79. The fraction of sp³-hybridized carbons (Fsp3) is 0.417. The summed E-state index contributed by atoms with van der Waals surface area (Å²) in [6, 6.07) is 14.0. The van der Waals surface area contributed by atoms with Crippen molar-refractivity contribution in [3.05, 3.63) is 59.2 Å². The number of benzene rings is 2. The van der Waals surface area contributed by atoms with Crippen molar-refractivity contribution in [3.8, 4) is 0 Å². The SMILES string of the molecule is Cc1ccc(NC(=O)CN(C)C(=O)CN2CCN(c3cccc(C)c3C)CC2)cc1. The first-order valence-corrected chi connectivity index (χ1v) is 10.5. The molecule has 2 amide bonds. The van der Waals surface area contributed by atoms with Crippen molar-refractivity contribution in [1.82, 2.24) is 9.80 Å². The average Bonchev–Trinajstić information content (AvgIpc) is 2.72. The summed E-state index contributed by atoms with van der Waals surface area (Å²) in [4.78, 5) is 30.9. The first-order valence-electron chi connectivity index (χ1n) is 10.5. The zero-order valence-electron chi connectivity index (χ0n) is 18.4. The van der Waals surface area contributed by atoms with E-state index in [2.05, 4.69) is 47.2 Å². The lowest BCUT2D eigenvalue weighted by Gasteiger charge is -2.37. The van der Waals surface area contributed by atoms with Gasteiger partial charge in [0, 0.05) is 44.6 Å². The van der Waals surface area contributed by atoms with Crippen LogP contribution in [-0.2, 0) is 9.59 Å². The van der Waals surface area contributed by atoms with Crippen LogP contribution in [-0.4, -0.2) is 67.9 Å². The van der Waals surface area contributed by atoms with Crippen molar-refractivity contribution >= 4 is 23.2 Å². The normalized spacial score (nSPS) is 14.5. The number of hydrogen-bond donors (Lipinski definition) is 1. The van der Waals surface area contributed by atoms with Gasteiger partial charge in [-0.2, -0.15) is 0 Å². The molecule has 0 spiro atoms. The van der Waals surface area contributed by atoms with Gasteiger partial charge in [-0.05, 0) is 50.1 Å². The number of amides is 2. The molecule has 0 bridgehead atoms. The van der Waals surface area contributed by atoms with Crippen molar-refractivity contribution in [2.75, 3.05) is 56.5 Å². The highest BCUT2D eigenvalue weighted by Gasteiger charge is 2.22. The first-order chi connectivity index (χ1) is 14.3. The molecule has 3 rings (SSSR count).